The molecule has 1 aliphatic carbocycles. The highest BCUT2D eigenvalue weighted by Gasteiger charge is 2.24. The Morgan fingerprint density at radius 3 is 3.00 bits per heavy atom. The highest BCUT2D eigenvalue weighted by molar-refractivity contribution is 5.81. The number of ketones is 1. The minimum atomic E-state index is 0.129. The molecule has 2 atom stereocenters. The fourth-order valence-corrected chi connectivity index (χ4v) is 2.93. The molecule has 2 nitrogen and oxygen atoms in total. The number of aryl methyl sites for hydroxylation is 1. The van der Waals surface area contributed by atoms with Gasteiger partial charge in [0.25, 0.3) is 0 Å². The van der Waals surface area contributed by atoms with Gasteiger partial charge >= 0.3 is 0 Å². The third-order valence-electron chi connectivity index (χ3n) is 4.00. The van der Waals surface area contributed by atoms with Gasteiger partial charge in [-0.25, -0.2) is 0 Å². The third-order valence-corrected chi connectivity index (χ3v) is 4.00. The van der Waals surface area contributed by atoms with Crippen LogP contribution >= 0.6 is 0 Å². The van der Waals surface area contributed by atoms with E-state index < -0.39 is 0 Å². The number of benzene rings is 1. The summed E-state index contributed by atoms with van der Waals surface area (Å²) in [6.07, 6.45) is 4.26. The summed E-state index contributed by atoms with van der Waals surface area (Å²) >= 11 is 0. The molecule has 0 spiro atoms. The van der Waals surface area contributed by atoms with Crippen molar-refractivity contribution in [3.8, 4) is 0 Å². The van der Waals surface area contributed by atoms with Crippen molar-refractivity contribution < 1.29 is 4.79 Å². The van der Waals surface area contributed by atoms with Gasteiger partial charge in [0.15, 0.2) is 0 Å². The van der Waals surface area contributed by atoms with Crippen LogP contribution in [0, 0.1) is 5.92 Å². The predicted molar refractivity (Wildman–Crippen MR) is 74.8 cm³/mol. The Morgan fingerprint density at radius 2 is 2.22 bits per heavy atom. The van der Waals surface area contributed by atoms with Crippen LogP contribution in [0.5, 0.6) is 0 Å². The molecule has 0 radical (unpaired) electrons. The van der Waals surface area contributed by atoms with Gasteiger partial charge in [-0.2, -0.15) is 0 Å². The van der Waals surface area contributed by atoms with Crippen LogP contribution in [0.4, 0.5) is 0 Å². The molecule has 1 aromatic carbocycles. The molecule has 0 saturated heterocycles. The standard InChI is InChI=1S/C16H23NO/c1-12(11-17-2)16(18)10-14-8-5-7-13-6-3-4-9-15(13)14/h3-4,6,9,12,14,17H,5,7-8,10-11H2,1-2H3. The fourth-order valence-electron chi connectivity index (χ4n) is 2.93. The van der Waals surface area contributed by atoms with E-state index in [4.69, 9.17) is 0 Å². The lowest BCUT2D eigenvalue weighted by Gasteiger charge is -2.25. The number of nitrogens with one attached hydrogen (secondary N) is 1. The van der Waals surface area contributed by atoms with E-state index in [2.05, 4.69) is 29.6 Å². The molecule has 1 aliphatic rings. The van der Waals surface area contributed by atoms with Crippen molar-refractivity contribution >= 4 is 5.78 Å². The second-order valence-electron chi connectivity index (χ2n) is 5.42. The van der Waals surface area contributed by atoms with Gasteiger partial charge in [-0.15, -0.1) is 0 Å². The van der Waals surface area contributed by atoms with E-state index in [1.54, 1.807) is 0 Å². The molecular formula is C16H23NO. The van der Waals surface area contributed by atoms with Crippen LogP contribution < -0.4 is 5.32 Å². The topological polar surface area (TPSA) is 29.1 Å². The van der Waals surface area contributed by atoms with Gasteiger partial charge in [0.1, 0.15) is 5.78 Å². The summed E-state index contributed by atoms with van der Waals surface area (Å²) in [6, 6.07) is 8.61. The van der Waals surface area contributed by atoms with Crippen LogP contribution in [0.25, 0.3) is 0 Å². The van der Waals surface area contributed by atoms with Crippen molar-refractivity contribution in [2.75, 3.05) is 13.6 Å². The van der Waals surface area contributed by atoms with Gasteiger partial charge in [0.05, 0.1) is 0 Å². The number of Topliss-reactive ketones (excluding diaryl/α,β-unsaturated/α-hetero) is 1. The maximum Gasteiger partial charge on any atom is 0.137 e. The normalized spacial score (nSPS) is 20.2. The van der Waals surface area contributed by atoms with Gasteiger partial charge in [-0.1, -0.05) is 31.2 Å². The Hall–Kier alpha value is -1.15. The second-order valence-corrected chi connectivity index (χ2v) is 5.42. The third kappa shape index (κ3) is 2.99. The van der Waals surface area contributed by atoms with Crippen molar-refractivity contribution in [1.29, 1.82) is 0 Å². The lowest BCUT2D eigenvalue weighted by molar-refractivity contribution is -0.122. The average Bonchev–Trinajstić information content (AvgIpc) is 2.39. The van der Waals surface area contributed by atoms with E-state index in [1.165, 1.54) is 24.0 Å². The molecule has 1 N–H and O–H groups in total. The molecule has 2 rings (SSSR count). The summed E-state index contributed by atoms with van der Waals surface area (Å²) in [4.78, 5) is 12.2. The number of hydrogen-bond donors (Lipinski definition) is 1. The van der Waals surface area contributed by atoms with Gasteiger partial charge in [0.2, 0.25) is 0 Å². The lowest BCUT2D eigenvalue weighted by atomic mass is 9.79. The van der Waals surface area contributed by atoms with E-state index in [1.807, 2.05) is 14.0 Å². The van der Waals surface area contributed by atoms with Gasteiger partial charge < -0.3 is 5.32 Å². The first-order valence-corrected chi connectivity index (χ1v) is 6.97. The molecule has 0 aliphatic heterocycles. The lowest BCUT2D eigenvalue weighted by Crippen LogP contribution is -2.25. The molecule has 0 aromatic heterocycles. The van der Waals surface area contributed by atoms with Crippen molar-refractivity contribution in [2.45, 2.75) is 38.5 Å². The first kappa shape index (κ1) is 13.3. The van der Waals surface area contributed by atoms with Gasteiger partial charge in [-0.3, -0.25) is 4.79 Å². The zero-order valence-corrected chi connectivity index (χ0v) is 11.4. The first-order valence-electron chi connectivity index (χ1n) is 6.97. The van der Waals surface area contributed by atoms with Crippen molar-refractivity contribution in [1.82, 2.24) is 5.32 Å². The van der Waals surface area contributed by atoms with Crippen LogP contribution in [-0.2, 0) is 11.2 Å². The Balaban J connectivity index is 2.05. The van der Waals surface area contributed by atoms with Crippen molar-refractivity contribution in [3.05, 3.63) is 35.4 Å². The molecule has 0 amide bonds. The predicted octanol–water partition coefficient (Wildman–Crippen LogP) is 2.92. The molecule has 0 fully saturated rings. The average molecular weight is 245 g/mol. The second kappa shape index (κ2) is 6.14. The molecular weight excluding hydrogens is 222 g/mol. The highest BCUT2D eigenvalue weighted by atomic mass is 16.1. The minimum absolute atomic E-state index is 0.129. The zero-order valence-electron chi connectivity index (χ0n) is 11.4. The monoisotopic (exact) mass is 245 g/mol. The van der Waals surface area contributed by atoms with E-state index in [9.17, 15) is 4.79 Å². The molecule has 0 bridgehead atoms. The van der Waals surface area contributed by atoms with E-state index in [0.29, 0.717) is 18.1 Å². The maximum atomic E-state index is 12.2. The summed E-state index contributed by atoms with van der Waals surface area (Å²) in [5.41, 5.74) is 2.86. The number of hydrogen-bond acceptors (Lipinski definition) is 2. The number of carbonyl (C=O) groups excluding carboxylic acids is 1. The first-order chi connectivity index (χ1) is 8.72. The van der Waals surface area contributed by atoms with Crippen LogP contribution in [0.2, 0.25) is 0 Å². The maximum absolute atomic E-state index is 12.2. The number of fused-ring (bicyclic) bond motifs is 1. The summed E-state index contributed by atoms with van der Waals surface area (Å²) in [5.74, 6) is 0.969. The van der Waals surface area contributed by atoms with Crippen LogP contribution in [0.15, 0.2) is 24.3 Å². The number of rotatable bonds is 5. The SMILES string of the molecule is CNCC(C)C(=O)CC1CCCc2ccccc21. The van der Waals surface area contributed by atoms with Gasteiger partial charge in [0, 0.05) is 18.9 Å². The molecule has 18 heavy (non-hydrogen) atoms. The molecule has 98 valence electrons. The number of carbonyl (C=O) groups is 1. The highest BCUT2D eigenvalue weighted by Crippen LogP contribution is 2.34. The van der Waals surface area contributed by atoms with E-state index in [-0.39, 0.29) is 5.92 Å². The Morgan fingerprint density at radius 1 is 1.44 bits per heavy atom. The molecule has 1 aromatic rings. The molecule has 2 heteroatoms. The molecule has 0 heterocycles. The zero-order chi connectivity index (χ0) is 13.0. The summed E-state index contributed by atoms with van der Waals surface area (Å²) in [5, 5.41) is 3.08. The van der Waals surface area contributed by atoms with Crippen LogP contribution in [0.3, 0.4) is 0 Å². The van der Waals surface area contributed by atoms with E-state index >= 15 is 0 Å². The molecule has 0 saturated carbocycles. The van der Waals surface area contributed by atoms with Crippen LogP contribution in [-0.4, -0.2) is 19.4 Å². The van der Waals surface area contributed by atoms with E-state index in [0.717, 1.165) is 13.0 Å². The van der Waals surface area contributed by atoms with Crippen molar-refractivity contribution in [3.63, 3.8) is 0 Å². The van der Waals surface area contributed by atoms with Gasteiger partial charge in [-0.05, 0) is 43.4 Å². The summed E-state index contributed by atoms with van der Waals surface area (Å²) in [6.45, 7) is 2.81. The summed E-state index contributed by atoms with van der Waals surface area (Å²) < 4.78 is 0. The Labute approximate surface area is 110 Å². The Kier molecular flexibility index (Phi) is 4.54. The smallest absolute Gasteiger partial charge is 0.137 e. The van der Waals surface area contributed by atoms with Crippen molar-refractivity contribution in [2.24, 2.45) is 5.92 Å². The quantitative estimate of drug-likeness (QED) is 0.864. The van der Waals surface area contributed by atoms with Crippen LogP contribution in [0.1, 0.15) is 43.2 Å². The fraction of sp³-hybridized carbons (Fsp3) is 0.562. The Bertz CT molecular complexity index is 413. The largest absolute Gasteiger partial charge is 0.319 e. The minimum Gasteiger partial charge on any atom is -0.319 e. The molecule has 2 unspecified atom stereocenters. The summed E-state index contributed by atoms with van der Waals surface area (Å²) in [7, 11) is 1.90.